The van der Waals surface area contributed by atoms with Gasteiger partial charge in [0.1, 0.15) is 11.5 Å². The molecule has 0 aliphatic heterocycles. The van der Waals surface area contributed by atoms with Gasteiger partial charge in [0, 0.05) is 21.5 Å². The van der Waals surface area contributed by atoms with Crippen LogP contribution in [0.4, 0.5) is 9.59 Å². The van der Waals surface area contributed by atoms with Gasteiger partial charge in [-0.15, -0.1) is 0 Å². The van der Waals surface area contributed by atoms with Crippen molar-refractivity contribution in [1.29, 1.82) is 0 Å². The summed E-state index contributed by atoms with van der Waals surface area (Å²) in [5.41, 5.74) is 0. The summed E-state index contributed by atoms with van der Waals surface area (Å²) >= 11 is 0. The lowest BCUT2D eigenvalue weighted by atomic mass is 10.0. The Morgan fingerprint density at radius 3 is 1.69 bits per heavy atom. The second-order valence-electron chi connectivity index (χ2n) is 5.23. The molecule has 0 aliphatic rings. The molecule has 0 amide bonds. The maximum Gasteiger partial charge on any atom is 0.513 e. The van der Waals surface area contributed by atoms with Crippen LogP contribution in [0.3, 0.4) is 0 Å². The van der Waals surface area contributed by atoms with Crippen LogP contribution in [0.25, 0.3) is 21.5 Å². The highest BCUT2D eigenvalue weighted by atomic mass is 16.7. The molecular weight excluding hydrogens is 340 g/mol. The SMILES string of the molecule is COC(=O)Oc1c2ccccc2c(OC(=O)OC)c2cc(OC)ccc12. The summed E-state index contributed by atoms with van der Waals surface area (Å²) in [7, 11) is 3.97. The Morgan fingerprint density at radius 1 is 0.692 bits per heavy atom. The largest absolute Gasteiger partial charge is 0.513 e. The zero-order chi connectivity index (χ0) is 18.7. The van der Waals surface area contributed by atoms with Gasteiger partial charge < -0.3 is 23.7 Å². The lowest BCUT2D eigenvalue weighted by Gasteiger charge is -2.16. The predicted octanol–water partition coefficient (Wildman–Crippen LogP) is 4.29. The van der Waals surface area contributed by atoms with Gasteiger partial charge in [-0.3, -0.25) is 0 Å². The van der Waals surface area contributed by atoms with Crippen LogP contribution in [0.15, 0.2) is 42.5 Å². The third-order valence-corrected chi connectivity index (χ3v) is 3.84. The smallest absolute Gasteiger partial charge is 0.497 e. The van der Waals surface area contributed by atoms with Gasteiger partial charge in [0.25, 0.3) is 0 Å². The topological polar surface area (TPSA) is 80.3 Å². The number of hydrogen-bond donors (Lipinski definition) is 0. The monoisotopic (exact) mass is 356 g/mol. The molecule has 134 valence electrons. The van der Waals surface area contributed by atoms with E-state index in [9.17, 15) is 9.59 Å². The van der Waals surface area contributed by atoms with Crippen molar-refractivity contribution in [3.05, 3.63) is 42.5 Å². The maximum atomic E-state index is 11.8. The van der Waals surface area contributed by atoms with Crippen LogP contribution in [0.5, 0.6) is 17.2 Å². The van der Waals surface area contributed by atoms with Crippen molar-refractivity contribution < 1.29 is 33.3 Å². The van der Waals surface area contributed by atoms with Crippen LogP contribution >= 0.6 is 0 Å². The molecule has 3 aromatic rings. The Hall–Kier alpha value is -3.48. The van der Waals surface area contributed by atoms with Gasteiger partial charge in [0.15, 0.2) is 5.75 Å². The Morgan fingerprint density at radius 2 is 1.19 bits per heavy atom. The molecule has 26 heavy (non-hydrogen) atoms. The van der Waals surface area contributed by atoms with Crippen LogP contribution in [-0.2, 0) is 9.47 Å². The van der Waals surface area contributed by atoms with Crippen molar-refractivity contribution in [2.75, 3.05) is 21.3 Å². The normalized spacial score (nSPS) is 10.4. The molecule has 0 unspecified atom stereocenters. The van der Waals surface area contributed by atoms with E-state index in [1.165, 1.54) is 21.3 Å². The third kappa shape index (κ3) is 3.06. The molecule has 0 heterocycles. The van der Waals surface area contributed by atoms with Crippen LogP contribution in [-0.4, -0.2) is 33.6 Å². The van der Waals surface area contributed by atoms with Crippen molar-refractivity contribution in [1.82, 2.24) is 0 Å². The Bertz CT molecular complexity index is 994. The summed E-state index contributed by atoms with van der Waals surface area (Å²) in [4.78, 5) is 23.5. The quantitative estimate of drug-likeness (QED) is 0.393. The Balaban J connectivity index is 2.40. The van der Waals surface area contributed by atoms with E-state index in [1.54, 1.807) is 42.5 Å². The van der Waals surface area contributed by atoms with Gasteiger partial charge in [-0.1, -0.05) is 24.3 Å². The molecule has 0 fully saturated rings. The summed E-state index contributed by atoms with van der Waals surface area (Å²) in [5.74, 6) is 1.12. The number of fused-ring (bicyclic) bond motifs is 2. The first-order valence-electron chi connectivity index (χ1n) is 7.63. The van der Waals surface area contributed by atoms with E-state index in [4.69, 9.17) is 14.2 Å². The van der Waals surface area contributed by atoms with Crippen molar-refractivity contribution in [3.8, 4) is 17.2 Å². The minimum atomic E-state index is -0.860. The average Bonchev–Trinajstić information content (AvgIpc) is 2.69. The van der Waals surface area contributed by atoms with Crippen LogP contribution in [0.1, 0.15) is 0 Å². The summed E-state index contributed by atoms with van der Waals surface area (Å²) in [6, 6.07) is 12.2. The molecule has 0 saturated carbocycles. The van der Waals surface area contributed by atoms with Crippen molar-refractivity contribution in [3.63, 3.8) is 0 Å². The number of methoxy groups -OCH3 is 3. The fourth-order valence-electron chi connectivity index (χ4n) is 2.68. The van der Waals surface area contributed by atoms with Gasteiger partial charge in [-0.25, -0.2) is 9.59 Å². The predicted molar refractivity (Wildman–Crippen MR) is 94.1 cm³/mol. The first-order valence-corrected chi connectivity index (χ1v) is 7.63. The van der Waals surface area contributed by atoms with Crippen LogP contribution in [0.2, 0.25) is 0 Å². The number of benzene rings is 3. The highest BCUT2D eigenvalue weighted by Crippen LogP contribution is 2.44. The van der Waals surface area contributed by atoms with E-state index >= 15 is 0 Å². The van der Waals surface area contributed by atoms with Gasteiger partial charge in [-0.05, 0) is 18.2 Å². The van der Waals surface area contributed by atoms with Gasteiger partial charge in [0.2, 0.25) is 0 Å². The molecule has 0 aromatic heterocycles. The minimum absolute atomic E-state index is 0.276. The molecule has 0 saturated heterocycles. The minimum Gasteiger partial charge on any atom is -0.497 e. The van der Waals surface area contributed by atoms with Gasteiger partial charge in [-0.2, -0.15) is 0 Å². The molecule has 0 bridgehead atoms. The van der Waals surface area contributed by atoms with Crippen molar-refractivity contribution in [2.45, 2.75) is 0 Å². The van der Waals surface area contributed by atoms with Crippen molar-refractivity contribution in [2.24, 2.45) is 0 Å². The van der Waals surface area contributed by atoms with Crippen LogP contribution in [0, 0.1) is 0 Å². The summed E-state index contributed by atoms with van der Waals surface area (Å²) < 4.78 is 25.3. The van der Waals surface area contributed by atoms with E-state index in [0.29, 0.717) is 33.0 Å². The molecule has 0 spiro atoms. The standard InChI is InChI=1S/C19H16O7/c1-22-11-8-9-14-15(10-11)17(26-19(21)24-3)13-7-5-4-6-12(13)16(14)25-18(20)23-2/h4-10H,1-3H3. The number of carbonyl (C=O) groups is 2. The second kappa shape index (κ2) is 7.18. The summed E-state index contributed by atoms with van der Waals surface area (Å²) in [6.45, 7) is 0. The van der Waals surface area contributed by atoms with E-state index in [1.807, 2.05) is 0 Å². The molecule has 0 radical (unpaired) electrons. The first kappa shape index (κ1) is 17.3. The van der Waals surface area contributed by atoms with E-state index in [0.717, 1.165) is 0 Å². The fourth-order valence-corrected chi connectivity index (χ4v) is 2.68. The van der Waals surface area contributed by atoms with Crippen molar-refractivity contribution >= 4 is 33.9 Å². The Kier molecular flexibility index (Phi) is 4.79. The molecule has 7 nitrogen and oxygen atoms in total. The average molecular weight is 356 g/mol. The van der Waals surface area contributed by atoms with Gasteiger partial charge in [0.05, 0.1) is 21.3 Å². The molecular formula is C19H16O7. The summed E-state index contributed by atoms with van der Waals surface area (Å²) in [6.07, 6.45) is -1.71. The van der Waals surface area contributed by atoms with E-state index < -0.39 is 12.3 Å². The highest BCUT2D eigenvalue weighted by Gasteiger charge is 2.21. The summed E-state index contributed by atoms with van der Waals surface area (Å²) in [5, 5.41) is 2.22. The number of hydrogen-bond acceptors (Lipinski definition) is 7. The molecule has 0 atom stereocenters. The molecule has 3 aromatic carbocycles. The third-order valence-electron chi connectivity index (χ3n) is 3.84. The molecule has 0 N–H and O–H groups in total. The zero-order valence-corrected chi connectivity index (χ0v) is 14.4. The second-order valence-corrected chi connectivity index (χ2v) is 5.23. The number of carbonyl (C=O) groups excluding carboxylic acids is 2. The molecule has 7 heteroatoms. The maximum absolute atomic E-state index is 11.8. The zero-order valence-electron chi connectivity index (χ0n) is 14.4. The van der Waals surface area contributed by atoms with Gasteiger partial charge >= 0.3 is 12.3 Å². The molecule has 0 aliphatic carbocycles. The lowest BCUT2D eigenvalue weighted by Crippen LogP contribution is -2.10. The number of ether oxygens (including phenoxy) is 5. The molecule has 3 rings (SSSR count). The van der Waals surface area contributed by atoms with E-state index in [2.05, 4.69) is 9.47 Å². The highest BCUT2D eigenvalue weighted by molar-refractivity contribution is 6.12. The Labute approximate surface area is 149 Å². The fraction of sp³-hybridized carbons (Fsp3) is 0.158. The van der Waals surface area contributed by atoms with E-state index in [-0.39, 0.29) is 5.75 Å². The van der Waals surface area contributed by atoms with Crippen LogP contribution < -0.4 is 14.2 Å². The number of rotatable bonds is 3. The first-order chi connectivity index (χ1) is 12.6. The lowest BCUT2D eigenvalue weighted by molar-refractivity contribution is 0.120.